The van der Waals surface area contributed by atoms with Gasteiger partial charge in [0.15, 0.2) is 0 Å². The zero-order valence-electron chi connectivity index (χ0n) is 7.87. The molecule has 0 aromatic heterocycles. The van der Waals surface area contributed by atoms with Crippen LogP contribution in [0, 0.1) is 6.92 Å². The average Bonchev–Trinajstić information content (AvgIpc) is 2.18. The molecule has 0 spiro atoms. The van der Waals surface area contributed by atoms with E-state index >= 15 is 0 Å². The quantitative estimate of drug-likeness (QED) is 0.740. The molecule has 0 bridgehead atoms. The number of aryl methyl sites for hydroxylation is 1. The van der Waals surface area contributed by atoms with Gasteiger partial charge in [-0.25, -0.2) is 0 Å². The lowest BCUT2D eigenvalue weighted by Gasteiger charge is -2.19. The molecule has 0 aliphatic carbocycles. The predicted octanol–water partition coefficient (Wildman–Crippen LogP) is 2.85. The molecule has 1 unspecified atom stereocenters. The summed E-state index contributed by atoms with van der Waals surface area (Å²) in [7, 11) is 0. The summed E-state index contributed by atoms with van der Waals surface area (Å²) in [5, 5.41) is 9.32. The van der Waals surface area contributed by atoms with Crippen molar-refractivity contribution in [3.63, 3.8) is 0 Å². The van der Waals surface area contributed by atoms with Crippen LogP contribution < -0.4 is 0 Å². The van der Waals surface area contributed by atoms with E-state index < -0.39 is 12.0 Å². The molecule has 76 valence electrons. The zero-order chi connectivity index (χ0) is 10.8. The fraction of sp³-hybridized carbons (Fsp3) is 0.273. The molecule has 1 aromatic carbocycles. The van der Waals surface area contributed by atoms with Crippen molar-refractivity contribution in [2.75, 3.05) is 0 Å². The van der Waals surface area contributed by atoms with Crippen LogP contribution in [0.4, 0.5) is 8.78 Å². The molecule has 0 aliphatic heterocycles. The smallest absolute Gasteiger partial charge is 0.295 e. The van der Waals surface area contributed by atoms with E-state index in [1.165, 1.54) is 12.1 Å². The van der Waals surface area contributed by atoms with Crippen molar-refractivity contribution in [3.8, 4) is 0 Å². The van der Waals surface area contributed by atoms with Gasteiger partial charge in [-0.15, -0.1) is 0 Å². The zero-order valence-corrected chi connectivity index (χ0v) is 7.87. The Bertz CT molecular complexity index is 317. The van der Waals surface area contributed by atoms with Gasteiger partial charge in [0, 0.05) is 0 Å². The first-order valence-electron chi connectivity index (χ1n) is 4.23. The molecule has 0 saturated carbocycles. The Balaban J connectivity index is 2.95. The number of hydrogen-bond acceptors (Lipinski definition) is 1. The van der Waals surface area contributed by atoms with Crippen molar-refractivity contribution < 1.29 is 13.9 Å². The fourth-order valence-electron chi connectivity index (χ4n) is 1.08. The van der Waals surface area contributed by atoms with Crippen LogP contribution in [0.3, 0.4) is 0 Å². The number of alkyl halides is 2. The molecule has 1 rings (SSSR count). The molecule has 0 fully saturated rings. The molecule has 0 heterocycles. The summed E-state index contributed by atoms with van der Waals surface area (Å²) < 4.78 is 25.9. The van der Waals surface area contributed by atoms with Gasteiger partial charge in [0.05, 0.1) is 0 Å². The lowest BCUT2D eigenvalue weighted by molar-refractivity contribution is -0.0712. The number of aliphatic hydroxyl groups excluding tert-OH is 1. The average molecular weight is 198 g/mol. The van der Waals surface area contributed by atoms with Crippen LogP contribution in [0.5, 0.6) is 0 Å². The first kappa shape index (κ1) is 10.9. The number of benzene rings is 1. The van der Waals surface area contributed by atoms with Crippen LogP contribution in [0.15, 0.2) is 36.9 Å². The summed E-state index contributed by atoms with van der Waals surface area (Å²) in [6, 6.07) is 6.32. The van der Waals surface area contributed by atoms with E-state index in [9.17, 15) is 13.9 Å². The van der Waals surface area contributed by atoms with E-state index in [0.717, 1.165) is 5.56 Å². The summed E-state index contributed by atoms with van der Waals surface area (Å²) in [5.41, 5.74) is 1.16. The molecule has 0 amide bonds. The third-order valence-electron chi connectivity index (χ3n) is 2.03. The van der Waals surface area contributed by atoms with Gasteiger partial charge in [-0.3, -0.25) is 0 Å². The van der Waals surface area contributed by atoms with E-state index in [2.05, 4.69) is 6.58 Å². The van der Waals surface area contributed by atoms with Gasteiger partial charge in [-0.2, -0.15) is 8.78 Å². The Hall–Kier alpha value is -1.22. The third-order valence-corrected chi connectivity index (χ3v) is 2.03. The normalized spacial score (nSPS) is 13.7. The monoisotopic (exact) mass is 198 g/mol. The van der Waals surface area contributed by atoms with E-state index in [-0.39, 0.29) is 5.56 Å². The second kappa shape index (κ2) is 3.88. The lowest BCUT2D eigenvalue weighted by Crippen LogP contribution is -2.23. The molecule has 0 aliphatic rings. The van der Waals surface area contributed by atoms with Crippen LogP contribution in [-0.4, -0.2) is 11.0 Å². The summed E-state index contributed by atoms with van der Waals surface area (Å²) >= 11 is 0. The topological polar surface area (TPSA) is 20.2 Å². The van der Waals surface area contributed by atoms with Gasteiger partial charge in [-0.05, 0) is 18.6 Å². The van der Waals surface area contributed by atoms with Crippen molar-refractivity contribution in [3.05, 3.63) is 48.0 Å². The highest BCUT2D eigenvalue weighted by Crippen LogP contribution is 2.31. The lowest BCUT2D eigenvalue weighted by atomic mass is 10.0. The maximum atomic E-state index is 13.0. The van der Waals surface area contributed by atoms with E-state index in [0.29, 0.717) is 6.08 Å². The Morgan fingerprint density at radius 2 is 1.86 bits per heavy atom. The maximum Gasteiger partial charge on any atom is 0.295 e. The maximum absolute atomic E-state index is 13.0. The molecule has 0 radical (unpaired) electrons. The van der Waals surface area contributed by atoms with Crippen LogP contribution >= 0.6 is 0 Å². The standard InChI is InChI=1S/C11H12F2O/c1-3-11(12,13)10(14)9-6-4-8(2)5-7-9/h3-7,10,14H,1H2,2H3. The molecular formula is C11H12F2O. The second-order valence-corrected chi connectivity index (χ2v) is 3.19. The van der Waals surface area contributed by atoms with Gasteiger partial charge < -0.3 is 5.11 Å². The number of rotatable bonds is 3. The molecule has 1 nitrogen and oxygen atoms in total. The Morgan fingerprint density at radius 1 is 1.36 bits per heavy atom. The molecule has 0 saturated heterocycles. The highest BCUT2D eigenvalue weighted by atomic mass is 19.3. The molecule has 1 N–H and O–H groups in total. The molecule has 1 aromatic rings. The third kappa shape index (κ3) is 2.17. The summed E-state index contributed by atoms with van der Waals surface area (Å²) in [6.45, 7) is 4.84. The van der Waals surface area contributed by atoms with Gasteiger partial charge in [0.25, 0.3) is 5.92 Å². The van der Waals surface area contributed by atoms with E-state index in [1.54, 1.807) is 12.1 Å². The minimum absolute atomic E-state index is 0.195. The van der Waals surface area contributed by atoms with E-state index in [4.69, 9.17) is 0 Å². The number of hydrogen-bond donors (Lipinski definition) is 1. The Morgan fingerprint density at radius 3 is 2.29 bits per heavy atom. The molecule has 1 atom stereocenters. The highest BCUT2D eigenvalue weighted by Gasteiger charge is 2.35. The highest BCUT2D eigenvalue weighted by molar-refractivity contribution is 5.25. The fourth-order valence-corrected chi connectivity index (χ4v) is 1.08. The Kier molecular flexibility index (Phi) is 3.01. The summed E-state index contributed by atoms with van der Waals surface area (Å²) in [4.78, 5) is 0. The van der Waals surface area contributed by atoms with Gasteiger partial charge >= 0.3 is 0 Å². The largest absolute Gasteiger partial charge is 0.382 e. The predicted molar refractivity (Wildman–Crippen MR) is 51.3 cm³/mol. The molecular weight excluding hydrogens is 186 g/mol. The summed E-state index contributed by atoms with van der Waals surface area (Å²) in [6.07, 6.45) is -1.36. The minimum atomic E-state index is -3.28. The van der Waals surface area contributed by atoms with Crippen LogP contribution in [-0.2, 0) is 0 Å². The van der Waals surface area contributed by atoms with Crippen molar-refractivity contribution in [2.45, 2.75) is 19.0 Å². The summed E-state index contributed by atoms with van der Waals surface area (Å²) in [5.74, 6) is -3.28. The molecule has 14 heavy (non-hydrogen) atoms. The van der Waals surface area contributed by atoms with Crippen LogP contribution in [0.25, 0.3) is 0 Å². The van der Waals surface area contributed by atoms with Gasteiger partial charge in [0.1, 0.15) is 6.10 Å². The van der Waals surface area contributed by atoms with Crippen molar-refractivity contribution in [1.29, 1.82) is 0 Å². The number of halogens is 2. The molecule has 3 heteroatoms. The second-order valence-electron chi connectivity index (χ2n) is 3.19. The van der Waals surface area contributed by atoms with E-state index in [1.807, 2.05) is 6.92 Å². The Labute approximate surface area is 81.7 Å². The van der Waals surface area contributed by atoms with Crippen molar-refractivity contribution in [1.82, 2.24) is 0 Å². The minimum Gasteiger partial charge on any atom is -0.382 e. The van der Waals surface area contributed by atoms with Crippen molar-refractivity contribution >= 4 is 0 Å². The number of aliphatic hydroxyl groups is 1. The first-order chi connectivity index (χ1) is 6.47. The SMILES string of the molecule is C=CC(F)(F)C(O)c1ccc(C)cc1. The van der Waals surface area contributed by atoms with Gasteiger partial charge in [-0.1, -0.05) is 36.4 Å². The van der Waals surface area contributed by atoms with Crippen molar-refractivity contribution in [2.24, 2.45) is 0 Å². The van der Waals surface area contributed by atoms with Crippen LogP contribution in [0.2, 0.25) is 0 Å². The first-order valence-corrected chi connectivity index (χ1v) is 4.23. The van der Waals surface area contributed by atoms with Gasteiger partial charge in [0.2, 0.25) is 0 Å². The van der Waals surface area contributed by atoms with Crippen LogP contribution in [0.1, 0.15) is 17.2 Å².